The van der Waals surface area contributed by atoms with E-state index in [1.54, 1.807) is 0 Å². The second-order valence-electron chi connectivity index (χ2n) is 8.03. The van der Waals surface area contributed by atoms with Gasteiger partial charge in [-0.2, -0.15) is 0 Å². The van der Waals surface area contributed by atoms with Crippen LogP contribution < -0.4 is 5.32 Å². The van der Waals surface area contributed by atoms with Gasteiger partial charge < -0.3 is 5.32 Å². The summed E-state index contributed by atoms with van der Waals surface area (Å²) in [5.74, 6) is 1.86. The van der Waals surface area contributed by atoms with E-state index < -0.39 is 0 Å². The van der Waals surface area contributed by atoms with Gasteiger partial charge in [-0.15, -0.1) is 0 Å². The molecule has 1 aliphatic heterocycles. The van der Waals surface area contributed by atoms with Gasteiger partial charge in [0.2, 0.25) is 5.91 Å². The second-order valence-corrected chi connectivity index (χ2v) is 8.03. The zero-order valence-electron chi connectivity index (χ0n) is 15.7. The van der Waals surface area contributed by atoms with Gasteiger partial charge in [0.05, 0.1) is 6.04 Å². The first-order valence-corrected chi connectivity index (χ1v) is 9.58. The number of nitrogens with zero attached hydrogens (tertiary/aromatic N) is 1. The molecule has 1 heterocycles. The van der Waals surface area contributed by atoms with Gasteiger partial charge in [0.25, 0.3) is 0 Å². The highest BCUT2D eigenvalue weighted by atomic mass is 16.2. The van der Waals surface area contributed by atoms with Gasteiger partial charge in [0, 0.05) is 12.2 Å². The average molecular weight is 329 g/mol. The molecule has 3 nitrogen and oxygen atoms in total. The summed E-state index contributed by atoms with van der Waals surface area (Å²) in [6.45, 7) is 10.5. The molecule has 2 fully saturated rings. The van der Waals surface area contributed by atoms with Crippen LogP contribution in [0.2, 0.25) is 0 Å². The number of fused-ring (bicyclic) bond motifs is 1. The van der Waals surface area contributed by atoms with Gasteiger partial charge in [0.15, 0.2) is 0 Å². The van der Waals surface area contributed by atoms with Crippen LogP contribution in [0.4, 0.5) is 5.69 Å². The van der Waals surface area contributed by atoms with E-state index in [0.29, 0.717) is 0 Å². The molecule has 132 valence electrons. The number of hydrogen-bond donors (Lipinski definition) is 1. The number of piperidine rings is 1. The van der Waals surface area contributed by atoms with Crippen LogP contribution in [0.25, 0.3) is 0 Å². The molecule has 0 radical (unpaired) electrons. The maximum absolute atomic E-state index is 12.8. The van der Waals surface area contributed by atoms with E-state index in [1.807, 2.05) is 0 Å². The Kier molecular flexibility index (Phi) is 5.29. The van der Waals surface area contributed by atoms with Crippen LogP contribution in [0.15, 0.2) is 12.1 Å². The Bertz CT molecular complexity index is 587. The molecule has 1 aromatic rings. The molecule has 0 bridgehead atoms. The summed E-state index contributed by atoms with van der Waals surface area (Å²) < 4.78 is 0. The summed E-state index contributed by atoms with van der Waals surface area (Å²) in [6.07, 6.45) is 6.80. The Balaban J connectivity index is 1.65. The van der Waals surface area contributed by atoms with Crippen molar-refractivity contribution >= 4 is 11.6 Å². The molecule has 2 aliphatic rings. The molecule has 1 aromatic carbocycles. The van der Waals surface area contributed by atoms with E-state index in [9.17, 15) is 4.79 Å². The normalized spacial score (nSPS) is 25.8. The summed E-state index contributed by atoms with van der Waals surface area (Å²) >= 11 is 0. The minimum absolute atomic E-state index is 0.0482. The molecule has 3 atom stereocenters. The fourth-order valence-electron chi connectivity index (χ4n) is 4.75. The fraction of sp³-hybridized carbons (Fsp3) is 0.667. The maximum atomic E-state index is 12.8. The summed E-state index contributed by atoms with van der Waals surface area (Å²) in [4.78, 5) is 15.2. The average Bonchev–Trinajstić information content (AvgIpc) is 2.56. The minimum atomic E-state index is -0.0482. The van der Waals surface area contributed by atoms with E-state index in [4.69, 9.17) is 0 Å². The second kappa shape index (κ2) is 7.26. The molecular formula is C21H32N2O. The van der Waals surface area contributed by atoms with Crippen molar-refractivity contribution in [2.24, 2.45) is 11.8 Å². The lowest BCUT2D eigenvalue weighted by Crippen LogP contribution is -2.50. The topological polar surface area (TPSA) is 32.3 Å². The molecule has 0 aromatic heterocycles. The van der Waals surface area contributed by atoms with E-state index >= 15 is 0 Å². The number of rotatable bonds is 3. The minimum Gasteiger partial charge on any atom is -0.324 e. The van der Waals surface area contributed by atoms with Crippen molar-refractivity contribution in [1.82, 2.24) is 4.90 Å². The summed E-state index contributed by atoms with van der Waals surface area (Å²) in [5.41, 5.74) is 4.54. The van der Waals surface area contributed by atoms with E-state index in [2.05, 4.69) is 50.0 Å². The Hall–Kier alpha value is -1.35. The fourth-order valence-corrected chi connectivity index (χ4v) is 4.75. The highest BCUT2D eigenvalue weighted by molar-refractivity contribution is 5.96. The van der Waals surface area contributed by atoms with E-state index in [-0.39, 0.29) is 11.9 Å². The molecule has 3 heteroatoms. The number of carbonyl (C=O) groups is 1. The van der Waals surface area contributed by atoms with Gasteiger partial charge in [-0.05, 0) is 70.0 Å². The molecule has 0 unspecified atom stereocenters. The van der Waals surface area contributed by atoms with Crippen molar-refractivity contribution in [2.75, 3.05) is 18.4 Å². The highest BCUT2D eigenvalue weighted by Gasteiger charge is 2.34. The molecule has 1 aliphatic carbocycles. The zero-order valence-corrected chi connectivity index (χ0v) is 15.7. The number of aryl methyl sites for hydroxylation is 3. The third kappa shape index (κ3) is 3.66. The summed E-state index contributed by atoms with van der Waals surface area (Å²) in [7, 11) is 0. The lowest BCUT2D eigenvalue weighted by Gasteiger charge is -2.43. The lowest BCUT2D eigenvalue weighted by molar-refractivity contribution is -0.122. The lowest BCUT2D eigenvalue weighted by atomic mass is 9.75. The van der Waals surface area contributed by atoms with Crippen molar-refractivity contribution in [2.45, 2.75) is 65.8 Å². The number of nitrogens with one attached hydrogen (secondary N) is 1. The van der Waals surface area contributed by atoms with Crippen LogP contribution >= 0.6 is 0 Å². The van der Waals surface area contributed by atoms with Crippen LogP contribution in [-0.4, -0.2) is 29.9 Å². The van der Waals surface area contributed by atoms with Gasteiger partial charge >= 0.3 is 0 Å². The Morgan fingerprint density at radius 1 is 1.08 bits per heavy atom. The van der Waals surface area contributed by atoms with Gasteiger partial charge in [-0.25, -0.2) is 0 Å². The third-order valence-corrected chi connectivity index (χ3v) is 6.18. The molecular weight excluding hydrogens is 296 g/mol. The number of benzene rings is 1. The Morgan fingerprint density at radius 2 is 1.71 bits per heavy atom. The first-order chi connectivity index (χ1) is 11.5. The summed E-state index contributed by atoms with van der Waals surface area (Å²) in [5, 5.41) is 3.19. The molecule has 1 N–H and O–H groups in total. The molecule has 1 saturated carbocycles. The quantitative estimate of drug-likeness (QED) is 0.889. The Labute approximate surface area is 146 Å². The third-order valence-electron chi connectivity index (χ3n) is 6.18. The van der Waals surface area contributed by atoms with Gasteiger partial charge in [0.1, 0.15) is 0 Å². The monoisotopic (exact) mass is 328 g/mol. The van der Waals surface area contributed by atoms with Crippen molar-refractivity contribution < 1.29 is 4.79 Å². The Morgan fingerprint density at radius 3 is 2.38 bits per heavy atom. The van der Waals surface area contributed by atoms with Crippen LogP contribution in [-0.2, 0) is 4.79 Å². The van der Waals surface area contributed by atoms with Gasteiger partial charge in [-0.1, -0.05) is 37.0 Å². The van der Waals surface area contributed by atoms with Crippen LogP contribution in [0, 0.1) is 32.6 Å². The number of likely N-dealkylation sites (tertiary alicyclic amines) is 1. The number of carbonyl (C=O) groups excluding carboxylic acids is 1. The predicted molar refractivity (Wildman–Crippen MR) is 100 cm³/mol. The van der Waals surface area contributed by atoms with Crippen molar-refractivity contribution in [1.29, 1.82) is 0 Å². The largest absolute Gasteiger partial charge is 0.324 e. The molecule has 24 heavy (non-hydrogen) atoms. The maximum Gasteiger partial charge on any atom is 0.241 e. The van der Waals surface area contributed by atoms with Crippen LogP contribution in [0.5, 0.6) is 0 Å². The van der Waals surface area contributed by atoms with Crippen molar-refractivity contribution in [3.63, 3.8) is 0 Å². The van der Waals surface area contributed by atoms with Crippen molar-refractivity contribution in [3.8, 4) is 0 Å². The van der Waals surface area contributed by atoms with Crippen LogP contribution in [0.1, 0.15) is 55.7 Å². The smallest absolute Gasteiger partial charge is 0.241 e. The number of amides is 1. The number of hydrogen-bond acceptors (Lipinski definition) is 2. The van der Waals surface area contributed by atoms with Crippen molar-refractivity contribution in [3.05, 3.63) is 28.8 Å². The molecule has 1 saturated heterocycles. The van der Waals surface area contributed by atoms with Gasteiger partial charge in [-0.3, -0.25) is 9.69 Å². The molecule has 3 rings (SSSR count). The summed E-state index contributed by atoms with van der Waals surface area (Å²) in [6, 6.07) is 4.23. The van der Waals surface area contributed by atoms with Crippen LogP contribution in [0.3, 0.4) is 0 Å². The standard InChI is InChI=1S/C21H32N2O/c1-14-11-15(2)20(16(3)12-14)22-21(24)17(4)23-10-9-18-7-5-6-8-19(18)13-23/h11-12,17-19H,5-10,13H2,1-4H3,(H,22,24)/t17-,18-,19+/m0/s1. The first-order valence-electron chi connectivity index (χ1n) is 9.58. The first kappa shape index (κ1) is 17.5. The highest BCUT2D eigenvalue weighted by Crippen LogP contribution is 2.36. The molecule has 0 spiro atoms. The number of anilines is 1. The predicted octanol–water partition coefficient (Wildman–Crippen LogP) is 4.45. The zero-order chi connectivity index (χ0) is 17.3. The van der Waals surface area contributed by atoms with E-state index in [0.717, 1.165) is 41.7 Å². The SMILES string of the molecule is Cc1cc(C)c(NC(=O)[C@H](C)N2CC[C@@H]3CCCC[C@@H]3C2)c(C)c1. The van der Waals surface area contributed by atoms with E-state index in [1.165, 1.54) is 37.7 Å². The molecule has 1 amide bonds.